The van der Waals surface area contributed by atoms with E-state index in [1.165, 1.54) is 23.5 Å². The fraction of sp³-hybridized carbons (Fsp3) is 0.176. The Morgan fingerprint density at radius 1 is 1.22 bits per heavy atom. The standard InChI is InChI=1S/C17H13FO4S/c1-9-6-7-14(23-9)13(19)8-21-17(20)15-10(2)11-4-3-5-12(18)16(11)22-15/h3-7H,8H2,1-2H3. The molecule has 23 heavy (non-hydrogen) atoms. The smallest absolute Gasteiger partial charge is 0.375 e. The molecule has 4 nitrogen and oxygen atoms in total. The van der Waals surface area contributed by atoms with Crippen molar-refractivity contribution in [2.45, 2.75) is 13.8 Å². The third kappa shape index (κ3) is 2.90. The van der Waals surface area contributed by atoms with Crippen LogP contribution in [0.5, 0.6) is 0 Å². The Hall–Kier alpha value is -2.47. The van der Waals surface area contributed by atoms with Crippen LogP contribution in [0, 0.1) is 19.7 Å². The lowest BCUT2D eigenvalue weighted by molar-refractivity contribution is 0.0446. The quantitative estimate of drug-likeness (QED) is 0.528. The number of ether oxygens (including phenoxy) is 1. The summed E-state index contributed by atoms with van der Waals surface area (Å²) in [5.74, 6) is -1.69. The molecule has 2 aromatic heterocycles. The van der Waals surface area contributed by atoms with Gasteiger partial charge in [0, 0.05) is 15.8 Å². The molecule has 3 rings (SSSR count). The van der Waals surface area contributed by atoms with E-state index in [4.69, 9.17) is 9.15 Å². The van der Waals surface area contributed by atoms with Crippen LogP contribution in [-0.4, -0.2) is 18.4 Å². The van der Waals surface area contributed by atoms with Crippen molar-refractivity contribution in [3.05, 3.63) is 57.2 Å². The number of para-hydroxylation sites is 1. The SMILES string of the molecule is Cc1ccc(C(=O)COC(=O)c2oc3c(F)cccc3c2C)s1. The van der Waals surface area contributed by atoms with Crippen LogP contribution < -0.4 is 0 Å². The van der Waals surface area contributed by atoms with Gasteiger partial charge in [0.1, 0.15) is 0 Å². The molecular formula is C17H13FO4S. The summed E-state index contributed by atoms with van der Waals surface area (Å²) in [4.78, 5) is 25.6. The van der Waals surface area contributed by atoms with Crippen LogP contribution in [0.25, 0.3) is 11.0 Å². The second-order valence-corrected chi connectivity index (χ2v) is 6.37. The molecule has 0 aliphatic rings. The van der Waals surface area contributed by atoms with Gasteiger partial charge in [-0.1, -0.05) is 12.1 Å². The minimum absolute atomic E-state index is 0.0113. The van der Waals surface area contributed by atoms with Gasteiger partial charge < -0.3 is 9.15 Å². The normalized spacial score (nSPS) is 10.9. The number of hydrogen-bond acceptors (Lipinski definition) is 5. The minimum atomic E-state index is -0.778. The fourth-order valence-electron chi connectivity index (χ4n) is 2.26. The number of rotatable bonds is 4. The van der Waals surface area contributed by atoms with Crippen molar-refractivity contribution in [1.82, 2.24) is 0 Å². The number of hydrogen-bond donors (Lipinski definition) is 0. The molecule has 0 N–H and O–H groups in total. The maximum Gasteiger partial charge on any atom is 0.375 e. The number of carbonyl (C=O) groups excluding carboxylic acids is 2. The van der Waals surface area contributed by atoms with E-state index in [1.807, 2.05) is 13.0 Å². The summed E-state index contributed by atoms with van der Waals surface area (Å²) < 4.78 is 24.0. The Labute approximate surface area is 135 Å². The lowest BCUT2D eigenvalue weighted by Gasteiger charge is -2.01. The summed E-state index contributed by atoms with van der Waals surface area (Å²) in [5, 5.41) is 0.511. The van der Waals surface area contributed by atoms with E-state index in [0.717, 1.165) is 4.88 Å². The number of benzene rings is 1. The molecule has 0 aliphatic heterocycles. The van der Waals surface area contributed by atoms with Gasteiger partial charge in [0.15, 0.2) is 18.0 Å². The monoisotopic (exact) mass is 332 g/mol. The van der Waals surface area contributed by atoms with Crippen molar-refractivity contribution < 1.29 is 23.1 Å². The number of furan rings is 1. The molecule has 3 aromatic rings. The molecule has 0 saturated heterocycles. The number of fused-ring (bicyclic) bond motifs is 1. The van der Waals surface area contributed by atoms with Gasteiger partial charge in [-0.15, -0.1) is 11.3 Å². The maximum atomic E-state index is 13.7. The van der Waals surface area contributed by atoms with Gasteiger partial charge in [0.05, 0.1) is 4.88 Å². The van der Waals surface area contributed by atoms with Crippen LogP contribution >= 0.6 is 11.3 Å². The molecule has 118 valence electrons. The molecule has 0 saturated carbocycles. The summed E-state index contributed by atoms with van der Waals surface area (Å²) >= 11 is 1.34. The summed E-state index contributed by atoms with van der Waals surface area (Å²) in [6.07, 6.45) is 0. The van der Waals surface area contributed by atoms with Gasteiger partial charge in [-0.25, -0.2) is 9.18 Å². The molecule has 0 atom stereocenters. The number of esters is 1. The zero-order valence-corrected chi connectivity index (χ0v) is 13.3. The number of carbonyl (C=O) groups is 2. The van der Waals surface area contributed by atoms with Gasteiger partial charge in [-0.2, -0.15) is 0 Å². The number of halogens is 1. The lowest BCUT2D eigenvalue weighted by atomic mass is 10.1. The van der Waals surface area contributed by atoms with E-state index in [1.54, 1.807) is 19.1 Å². The Morgan fingerprint density at radius 2 is 2.00 bits per heavy atom. The van der Waals surface area contributed by atoms with Crippen molar-refractivity contribution in [1.29, 1.82) is 0 Å². The lowest BCUT2D eigenvalue weighted by Crippen LogP contribution is -2.13. The molecule has 6 heteroatoms. The molecule has 2 heterocycles. The summed E-state index contributed by atoms with van der Waals surface area (Å²) in [5.41, 5.74) is 0.501. The van der Waals surface area contributed by atoms with Crippen LogP contribution in [0.1, 0.15) is 30.7 Å². The zero-order chi connectivity index (χ0) is 16.6. The van der Waals surface area contributed by atoms with E-state index in [-0.39, 0.29) is 23.7 Å². The average molecular weight is 332 g/mol. The van der Waals surface area contributed by atoms with Crippen LogP contribution in [0.4, 0.5) is 4.39 Å². The summed E-state index contributed by atoms with van der Waals surface area (Å²) in [7, 11) is 0. The number of Topliss-reactive ketones (excluding diaryl/α,β-unsaturated/α-hetero) is 1. The molecule has 1 aromatic carbocycles. The van der Waals surface area contributed by atoms with Crippen LogP contribution in [0.3, 0.4) is 0 Å². The predicted octanol–water partition coefficient (Wildman–Crippen LogP) is 4.29. The molecule has 0 fully saturated rings. The predicted molar refractivity (Wildman–Crippen MR) is 84.6 cm³/mol. The van der Waals surface area contributed by atoms with Crippen molar-refractivity contribution in [3.63, 3.8) is 0 Å². The van der Waals surface area contributed by atoms with E-state index >= 15 is 0 Å². The van der Waals surface area contributed by atoms with Gasteiger partial charge in [0.25, 0.3) is 0 Å². The topological polar surface area (TPSA) is 56.5 Å². The fourth-order valence-corrected chi connectivity index (χ4v) is 3.05. The Bertz CT molecular complexity index is 907. The van der Waals surface area contributed by atoms with Gasteiger partial charge in [-0.05, 0) is 32.0 Å². The first-order valence-corrected chi connectivity index (χ1v) is 7.73. The Morgan fingerprint density at radius 3 is 2.65 bits per heavy atom. The second-order valence-electron chi connectivity index (χ2n) is 5.08. The van der Waals surface area contributed by atoms with Crippen LogP contribution in [0.15, 0.2) is 34.7 Å². The number of ketones is 1. The van der Waals surface area contributed by atoms with Gasteiger partial charge in [0.2, 0.25) is 11.5 Å². The molecule has 0 spiro atoms. The van der Waals surface area contributed by atoms with Crippen LogP contribution in [-0.2, 0) is 4.74 Å². The Balaban J connectivity index is 1.77. The summed E-state index contributed by atoms with van der Waals surface area (Å²) in [6, 6.07) is 7.97. The third-order valence-electron chi connectivity index (χ3n) is 3.45. The second kappa shape index (κ2) is 5.96. The highest BCUT2D eigenvalue weighted by atomic mass is 32.1. The highest BCUT2D eigenvalue weighted by molar-refractivity contribution is 7.14. The highest BCUT2D eigenvalue weighted by Crippen LogP contribution is 2.27. The van der Waals surface area contributed by atoms with Gasteiger partial charge in [-0.3, -0.25) is 4.79 Å². The van der Waals surface area contributed by atoms with E-state index in [0.29, 0.717) is 15.8 Å². The molecule has 0 unspecified atom stereocenters. The average Bonchev–Trinajstić information content (AvgIpc) is 3.10. The highest BCUT2D eigenvalue weighted by Gasteiger charge is 2.22. The van der Waals surface area contributed by atoms with Crippen LogP contribution in [0.2, 0.25) is 0 Å². The largest absolute Gasteiger partial charge is 0.451 e. The van der Waals surface area contributed by atoms with Gasteiger partial charge >= 0.3 is 5.97 Å². The molecule has 0 amide bonds. The third-order valence-corrected chi connectivity index (χ3v) is 4.49. The first kappa shape index (κ1) is 15.4. The van der Waals surface area contributed by atoms with E-state index in [9.17, 15) is 14.0 Å². The van der Waals surface area contributed by atoms with Crippen molar-refractivity contribution in [2.24, 2.45) is 0 Å². The zero-order valence-electron chi connectivity index (χ0n) is 12.5. The molecule has 0 bridgehead atoms. The van der Waals surface area contributed by atoms with Crippen molar-refractivity contribution in [2.75, 3.05) is 6.61 Å². The molecule has 0 aliphatic carbocycles. The minimum Gasteiger partial charge on any atom is -0.451 e. The first-order valence-electron chi connectivity index (χ1n) is 6.91. The Kier molecular flexibility index (Phi) is 4.00. The summed E-state index contributed by atoms with van der Waals surface area (Å²) in [6.45, 7) is 3.16. The van der Waals surface area contributed by atoms with Crippen molar-refractivity contribution in [3.8, 4) is 0 Å². The van der Waals surface area contributed by atoms with E-state index < -0.39 is 11.8 Å². The number of aryl methyl sites for hydroxylation is 2. The van der Waals surface area contributed by atoms with Crippen molar-refractivity contribution >= 4 is 34.1 Å². The maximum absolute atomic E-state index is 13.7. The van der Waals surface area contributed by atoms with E-state index in [2.05, 4.69) is 0 Å². The molecular weight excluding hydrogens is 319 g/mol. The first-order chi connectivity index (χ1) is 11.0. The molecule has 0 radical (unpaired) electrons. The number of thiophene rings is 1.